The maximum absolute atomic E-state index is 14.2. The molecule has 4 N–H and O–H groups in total. The van der Waals surface area contributed by atoms with E-state index in [0.717, 1.165) is 12.8 Å². The fraction of sp³-hybridized carbons (Fsp3) is 0.667. The highest BCUT2D eigenvalue weighted by Crippen LogP contribution is 2.39. The number of rotatable bonds is 12. The lowest BCUT2D eigenvalue weighted by molar-refractivity contribution is -0.143. The van der Waals surface area contributed by atoms with Gasteiger partial charge in [0.2, 0.25) is 11.8 Å². The average molecular weight is 660 g/mol. The van der Waals surface area contributed by atoms with Crippen molar-refractivity contribution in [3.63, 3.8) is 0 Å². The van der Waals surface area contributed by atoms with Gasteiger partial charge in [0.05, 0.1) is 10.9 Å². The van der Waals surface area contributed by atoms with Crippen LogP contribution >= 0.6 is 0 Å². The van der Waals surface area contributed by atoms with Crippen LogP contribution in [0.1, 0.15) is 80.6 Å². The number of urea groups is 1. The minimum atomic E-state index is -4.15. The van der Waals surface area contributed by atoms with E-state index in [1.54, 1.807) is 18.2 Å². The van der Waals surface area contributed by atoms with E-state index in [4.69, 9.17) is 0 Å². The van der Waals surface area contributed by atoms with Crippen LogP contribution in [0.3, 0.4) is 0 Å². The maximum atomic E-state index is 14.2. The summed E-state index contributed by atoms with van der Waals surface area (Å²) >= 11 is 0. The van der Waals surface area contributed by atoms with Crippen LogP contribution in [0.25, 0.3) is 0 Å². The lowest BCUT2D eigenvalue weighted by Gasteiger charge is -2.37. The van der Waals surface area contributed by atoms with Gasteiger partial charge in [0.1, 0.15) is 17.6 Å². The molecule has 2 aliphatic carbocycles. The van der Waals surface area contributed by atoms with Gasteiger partial charge in [0.25, 0.3) is 15.9 Å². The maximum Gasteiger partial charge on any atom is 0.316 e. The summed E-state index contributed by atoms with van der Waals surface area (Å²) in [5.41, 5.74) is -2.15. The SMILES string of the molecule is CC(C)C(NC(=O)NC(C(=O)N1CC[C@H](C(C)C)[C@H]1C(=O)NC1(C(=O)NS(=O)(=O)c2ccccc2)CC1)C(C)(C)C)C(=O)C1CC1. The van der Waals surface area contributed by atoms with Crippen molar-refractivity contribution in [2.75, 3.05) is 6.54 Å². The summed E-state index contributed by atoms with van der Waals surface area (Å²) in [6, 6.07) is 4.24. The molecule has 2 saturated carbocycles. The van der Waals surface area contributed by atoms with E-state index in [-0.39, 0.29) is 53.7 Å². The van der Waals surface area contributed by atoms with Gasteiger partial charge in [-0.15, -0.1) is 0 Å². The van der Waals surface area contributed by atoms with Gasteiger partial charge in [0, 0.05) is 12.5 Å². The third kappa shape index (κ3) is 7.90. The molecule has 2 unspecified atom stereocenters. The van der Waals surface area contributed by atoms with Crippen LogP contribution in [-0.4, -0.2) is 73.1 Å². The molecule has 0 spiro atoms. The zero-order chi connectivity index (χ0) is 34.2. The van der Waals surface area contributed by atoms with Crippen LogP contribution in [0, 0.1) is 29.1 Å². The van der Waals surface area contributed by atoms with E-state index in [1.165, 1.54) is 17.0 Å². The van der Waals surface area contributed by atoms with E-state index >= 15 is 0 Å². The standard InChI is InChI=1S/C33H49N5O7S/c1-19(2)23-15-18-38(29(41)27(32(5,6)7)35-31(43)34-24(20(3)4)26(39)21-13-14-21)25(23)28(40)36-33(16-17-33)30(42)37-46(44,45)22-11-9-8-10-12-22/h8-12,19-21,23-25,27H,13-18H2,1-7H3,(H,36,40)(H,37,42)(H2,34,35,43)/t23-,24?,25+,27?/m1/s1. The third-order valence-electron chi connectivity index (χ3n) is 9.31. The van der Waals surface area contributed by atoms with Crippen molar-refractivity contribution in [2.45, 2.75) is 109 Å². The van der Waals surface area contributed by atoms with Crippen molar-refractivity contribution in [1.29, 1.82) is 0 Å². The molecule has 0 radical (unpaired) electrons. The van der Waals surface area contributed by atoms with Crippen LogP contribution in [-0.2, 0) is 29.2 Å². The lowest BCUT2D eigenvalue weighted by Crippen LogP contribution is -2.62. The number of sulfonamides is 1. The highest BCUT2D eigenvalue weighted by molar-refractivity contribution is 7.90. The number of hydrogen-bond acceptors (Lipinski definition) is 7. The second kappa shape index (κ2) is 13.3. The Morgan fingerprint density at radius 3 is 2.02 bits per heavy atom. The Morgan fingerprint density at radius 2 is 1.52 bits per heavy atom. The van der Waals surface area contributed by atoms with Gasteiger partial charge in [0.15, 0.2) is 5.78 Å². The molecule has 4 rings (SSSR count). The Morgan fingerprint density at radius 1 is 0.913 bits per heavy atom. The first-order valence-corrected chi connectivity index (χ1v) is 17.7. The second-order valence-electron chi connectivity index (χ2n) is 14.8. The average Bonchev–Trinajstić information content (AvgIpc) is 3.91. The third-order valence-corrected chi connectivity index (χ3v) is 10.7. The van der Waals surface area contributed by atoms with Crippen LogP contribution in [0.2, 0.25) is 0 Å². The fourth-order valence-corrected chi connectivity index (χ4v) is 7.21. The number of benzene rings is 1. The predicted molar refractivity (Wildman–Crippen MR) is 172 cm³/mol. The van der Waals surface area contributed by atoms with Crippen LogP contribution in [0.4, 0.5) is 4.79 Å². The number of likely N-dealkylation sites (tertiary alicyclic amines) is 1. The van der Waals surface area contributed by atoms with Gasteiger partial charge < -0.3 is 20.9 Å². The minimum Gasteiger partial charge on any atom is -0.340 e. The smallest absolute Gasteiger partial charge is 0.316 e. The summed E-state index contributed by atoms with van der Waals surface area (Å²) < 4.78 is 27.7. The summed E-state index contributed by atoms with van der Waals surface area (Å²) in [6.07, 6.45) is 2.68. The van der Waals surface area contributed by atoms with Crippen molar-refractivity contribution >= 4 is 39.6 Å². The molecule has 1 aliphatic heterocycles. The number of amides is 5. The molecule has 1 heterocycles. The van der Waals surface area contributed by atoms with E-state index in [2.05, 4.69) is 20.7 Å². The molecule has 3 aliphatic rings. The molecule has 13 heteroatoms. The largest absolute Gasteiger partial charge is 0.340 e. The van der Waals surface area contributed by atoms with Gasteiger partial charge in [-0.3, -0.25) is 19.2 Å². The molecule has 1 aromatic carbocycles. The Balaban J connectivity index is 1.51. The van der Waals surface area contributed by atoms with Gasteiger partial charge in [-0.2, -0.15) is 0 Å². The molecule has 5 amide bonds. The highest BCUT2D eigenvalue weighted by atomic mass is 32.2. The van der Waals surface area contributed by atoms with Gasteiger partial charge in [-0.25, -0.2) is 17.9 Å². The van der Waals surface area contributed by atoms with E-state index < -0.39 is 62.9 Å². The quantitative estimate of drug-likeness (QED) is 0.267. The predicted octanol–water partition coefficient (Wildman–Crippen LogP) is 2.73. The molecule has 1 saturated heterocycles. The zero-order valence-corrected chi connectivity index (χ0v) is 28.7. The number of carbonyl (C=O) groups excluding carboxylic acids is 5. The van der Waals surface area contributed by atoms with Crippen molar-refractivity contribution in [3.8, 4) is 0 Å². The number of hydrogen-bond donors (Lipinski definition) is 4. The first-order chi connectivity index (χ1) is 21.4. The molecule has 3 fully saturated rings. The van der Waals surface area contributed by atoms with Crippen molar-refractivity contribution in [1.82, 2.24) is 25.6 Å². The van der Waals surface area contributed by atoms with Crippen molar-refractivity contribution in [2.24, 2.45) is 29.1 Å². The normalized spacial score (nSPS) is 22.2. The topological polar surface area (TPSA) is 171 Å². The van der Waals surface area contributed by atoms with Gasteiger partial charge >= 0.3 is 6.03 Å². The molecule has 1 aromatic rings. The van der Waals surface area contributed by atoms with Crippen LogP contribution < -0.4 is 20.7 Å². The summed E-state index contributed by atoms with van der Waals surface area (Å²) in [4.78, 5) is 68.9. The second-order valence-corrected chi connectivity index (χ2v) is 16.5. The van der Waals surface area contributed by atoms with Crippen molar-refractivity contribution < 1.29 is 32.4 Å². The summed E-state index contributed by atoms with van der Waals surface area (Å²) in [7, 11) is -4.15. The fourth-order valence-electron chi connectivity index (χ4n) is 6.14. The summed E-state index contributed by atoms with van der Waals surface area (Å²) in [5, 5.41) is 8.38. The lowest BCUT2D eigenvalue weighted by atomic mass is 9.84. The monoisotopic (exact) mass is 659 g/mol. The molecule has 0 aromatic heterocycles. The van der Waals surface area contributed by atoms with E-state index in [0.29, 0.717) is 6.42 Å². The molecule has 254 valence electrons. The Hall–Kier alpha value is -3.48. The molecule has 0 bridgehead atoms. The van der Waals surface area contributed by atoms with E-state index in [9.17, 15) is 32.4 Å². The molecule has 12 nitrogen and oxygen atoms in total. The number of Topliss-reactive ketones (excluding diaryl/α,β-unsaturated/α-hetero) is 1. The Labute approximate surface area is 272 Å². The highest BCUT2D eigenvalue weighted by Gasteiger charge is 2.55. The van der Waals surface area contributed by atoms with E-state index in [1.807, 2.05) is 48.5 Å². The first kappa shape index (κ1) is 35.4. The van der Waals surface area contributed by atoms with Crippen molar-refractivity contribution in [3.05, 3.63) is 30.3 Å². The van der Waals surface area contributed by atoms with Gasteiger partial charge in [-0.05, 0) is 67.4 Å². The Bertz CT molecular complexity index is 1450. The van der Waals surface area contributed by atoms with Crippen LogP contribution in [0.5, 0.6) is 0 Å². The number of nitrogens with one attached hydrogen (secondary N) is 4. The van der Waals surface area contributed by atoms with Crippen LogP contribution in [0.15, 0.2) is 35.2 Å². The number of carbonyl (C=O) groups is 5. The molecule has 4 atom stereocenters. The minimum absolute atomic E-state index is 0.00514. The summed E-state index contributed by atoms with van der Waals surface area (Å²) in [5.74, 6) is -2.20. The molecular weight excluding hydrogens is 610 g/mol. The molecule has 46 heavy (non-hydrogen) atoms. The zero-order valence-electron chi connectivity index (χ0n) is 27.9. The summed E-state index contributed by atoms with van der Waals surface area (Å²) in [6.45, 7) is 13.3. The first-order valence-electron chi connectivity index (χ1n) is 16.2. The number of ketones is 1. The molecular formula is C33H49N5O7S. The number of nitrogens with zero attached hydrogens (tertiary/aromatic N) is 1. The van der Waals surface area contributed by atoms with Gasteiger partial charge in [-0.1, -0.05) is 66.7 Å². The Kier molecular flexibility index (Phi) is 10.2.